The Bertz CT molecular complexity index is 727. The summed E-state index contributed by atoms with van der Waals surface area (Å²) in [5.41, 5.74) is -2.52. The molecule has 0 unspecified atom stereocenters. The molecule has 112 valence electrons. The van der Waals surface area contributed by atoms with Gasteiger partial charge in [-0.25, -0.2) is 9.37 Å². The molecule has 1 aromatic heterocycles. The minimum absolute atomic E-state index is 0.101. The summed E-state index contributed by atoms with van der Waals surface area (Å²) in [6, 6.07) is 1.93. The highest BCUT2D eigenvalue weighted by atomic mass is 79.9. The number of aromatic nitrogens is 2. The Hall–Kier alpha value is -1.97. The normalized spacial score (nSPS) is 11.7. The number of halogens is 5. The Morgan fingerprint density at radius 1 is 1.38 bits per heavy atom. The van der Waals surface area contributed by atoms with Gasteiger partial charge < -0.3 is 0 Å². The highest BCUT2D eigenvalue weighted by Gasteiger charge is 2.35. The van der Waals surface area contributed by atoms with Crippen molar-refractivity contribution in [1.82, 2.24) is 9.55 Å². The Labute approximate surface area is 123 Å². The summed E-state index contributed by atoms with van der Waals surface area (Å²) in [5, 5.41) is 11.0. The van der Waals surface area contributed by atoms with Gasteiger partial charge in [-0.1, -0.05) is 15.9 Å². The number of benzene rings is 1. The van der Waals surface area contributed by atoms with Crippen LogP contribution in [0.5, 0.6) is 0 Å². The van der Waals surface area contributed by atoms with E-state index < -0.39 is 34.0 Å². The summed E-state index contributed by atoms with van der Waals surface area (Å²) in [7, 11) is 0. The van der Waals surface area contributed by atoms with Gasteiger partial charge in [0.05, 0.1) is 4.92 Å². The van der Waals surface area contributed by atoms with E-state index in [0.717, 1.165) is 12.1 Å². The molecular weight excluding hydrogens is 362 g/mol. The van der Waals surface area contributed by atoms with Crippen LogP contribution in [0.3, 0.4) is 0 Å². The van der Waals surface area contributed by atoms with Crippen LogP contribution in [0.4, 0.5) is 23.2 Å². The van der Waals surface area contributed by atoms with E-state index in [1.165, 1.54) is 6.92 Å². The monoisotopic (exact) mass is 367 g/mol. The molecule has 0 saturated carbocycles. The second kappa shape index (κ2) is 5.10. The van der Waals surface area contributed by atoms with Crippen molar-refractivity contribution in [1.29, 1.82) is 0 Å². The first kappa shape index (κ1) is 15.4. The van der Waals surface area contributed by atoms with Crippen molar-refractivity contribution in [3.8, 4) is 5.69 Å². The molecule has 0 amide bonds. The first-order valence-electron chi connectivity index (χ1n) is 5.38. The van der Waals surface area contributed by atoms with Crippen molar-refractivity contribution in [3.63, 3.8) is 0 Å². The molecule has 5 nitrogen and oxygen atoms in total. The Morgan fingerprint density at radius 2 is 2.00 bits per heavy atom. The fourth-order valence-electron chi connectivity index (χ4n) is 1.77. The van der Waals surface area contributed by atoms with Crippen LogP contribution in [0.1, 0.15) is 11.5 Å². The molecule has 2 rings (SSSR count). The van der Waals surface area contributed by atoms with E-state index in [-0.39, 0.29) is 10.3 Å². The number of alkyl halides is 3. The third-order valence-corrected chi connectivity index (χ3v) is 3.08. The number of hydrogen-bond acceptors (Lipinski definition) is 3. The van der Waals surface area contributed by atoms with E-state index in [0.29, 0.717) is 10.8 Å². The Morgan fingerprint density at radius 3 is 2.48 bits per heavy atom. The van der Waals surface area contributed by atoms with Gasteiger partial charge in [-0.05, 0) is 13.0 Å². The molecule has 21 heavy (non-hydrogen) atoms. The second-order valence-corrected chi connectivity index (χ2v) is 4.97. The van der Waals surface area contributed by atoms with E-state index in [1.807, 2.05) is 0 Å². The first-order chi connectivity index (χ1) is 9.61. The van der Waals surface area contributed by atoms with Gasteiger partial charge in [0.25, 0.3) is 5.69 Å². The zero-order valence-electron chi connectivity index (χ0n) is 10.3. The predicted molar refractivity (Wildman–Crippen MR) is 67.6 cm³/mol. The lowest BCUT2D eigenvalue weighted by Crippen LogP contribution is -2.06. The van der Waals surface area contributed by atoms with Crippen molar-refractivity contribution in [2.45, 2.75) is 13.1 Å². The molecule has 0 spiro atoms. The number of rotatable bonds is 2. The molecule has 10 heteroatoms. The van der Waals surface area contributed by atoms with Crippen LogP contribution >= 0.6 is 15.9 Å². The summed E-state index contributed by atoms with van der Waals surface area (Å²) >= 11 is 2.89. The summed E-state index contributed by atoms with van der Waals surface area (Å²) < 4.78 is 52.6. The maximum absolute atomic E-state index is 14.0. The molecular formula is C11H6BrF4N3O2. The van der Waals surface area contributed by atoms with Crippen molar-refractivity contribution < 1.29 is 22.5 Å². The Balaban J connectivity index is 2.73. The summed E-state index contributed by atoms with van der Waals surface area (Å²) in [6.07, 6.45) is -4.20. The topological polar surface area (TPSA) is 61.0 Å². The minimum atomic E-state index is -4.73. The molecule has 0 fully saturated rings. The van der Waals surface area contributed by atoms with Gasteiger partial charge in [-0.15, -0.1) is 0 Å². The van der Waals surface area contributed by atoms with Crippen molar-refractivity contribution in [2.75, 3.05) is 0 Å². The molecule has 0 atom stereocenters. The fourth-order valence-corrected chi connectivity index (χ4v) is 2.18. The van der Waals surface area contributed by atoms with Crippen LogP contribution < -0.4 is 0 Å². The smallest absolute Gasteiger partial charge is 0.295 e. The summed E-state index contributed by atoms with van der Waals surface area (Å²) in [5.74, 6) is -1.25. The number of nitrogens with zero attached hydrogens (tertiary/aromatic N) is 3. The molecule has 0 aliphatic carbocycles. The highest BCUT2D eigenvalue weighted by Crippen LogP contribution is 2.34. The number of nitro groups is 1. The second-order valence-electron chi connectivity index (χ2n) is 4.05. The molecule has 1 aromatic carbocycles. The standard InChI is InChI=1S/C11H6BrF4N3O2/c1-5-17-9(11(14,15)16)4-18(5)10-7(13)2-6(12)3-8(10)19(20)21/h2-4H,1H3. The van der Waals surface area contributed by atoms with E-state index >= 15 is 0 Å². The molecule has 0 bridgehead atoms. The lowest BCUT2D eigenvalue weighted by molar-refractivity contribution is -0.384. The zero-order valence-corrected chi connectivity index (χ0v) is 11.9. The molecule has 0 aliphatic heterocycles. The summed E-state index contributed by atoms with van der Waals surface area (Å²) in [6.45, 7) is 1.19. The predicted octanol–water partition coefficient (Wildman–Crippen LogP) is 4.01. The lowest BCUT2D eigenvalue weighted by Gasteiger charge is -2.08. The van der Waals surface area contributed by atoms with Crippen LogP contribution in [-0.2, 0) is 6.18 Å². The quantitative estimate of drug-likeness (QED) is 0.457. The molecule has 0 aliphatic rings. The van der Waals surface area contributed by atoms with E-state index in [2.05, 4.69) is 20.9 Å². The fraction of sp³-hybridized carbons (Fsp3) is 0.182. The third kappa shape index (κ3) is 2.89. The van der Waals surface area contributed by atoms with Gasteiger partial charge in [-0.2, -0.15) is 13.2 Å². The van der Waals surface area contributed by atoms with Crippen LogP contribution in [0, 0.1) is 22.9 Å². The number of hydrogen-bond donors (Lipinski definition) is 0. The number of imidazole rings is 1. The number of aryl methyl sites for hydroxylation is 1. The van der Waals surface area contributed by atoms with Crippen molar-refractivity contribution >= 4 is 21.6 Å². The van der Waals surface area contributed by atoms with E-state index in [4.69, 9.17) is 0 Å². The molecule has 0 N–H and O–H groups in total. The van der Waals surface area contributed by atoms with Crippen LogP contribution in [0.2, 0.25) is 0 Å². The SMILES string of the molecule is Cc1nc(C(F)(F)F)cn1-c1c(F)cc(Br)cc1[N+](=O)[O-]. The average Bonchev–Trinajstić information content (AvgIpc) is 2.70. The van der Waals surface area contributed by atoms with Gasteiger partial charge in [0.15, 0.2) is 17.2 Å². The molecule has 0 radical (unpaired) electrons. The van der Waals surface area contributed by atoms with Gasteiger partial charge in [-0.3, -0.25) is 14.7 Å². The van der Waals surface area contributed by atoms with Gasteiger partial charge >= 0.3 is 6.18 Å². The third-order valence-electron chi connectivity index (χ3n) is 2.62. The van der Waals surface area contributed by atoms with Gasteiger partial charge in [0.2, 0.25) is 0 Å². The van der Waals surface area contributed by atoms with E-state index in [9.17, 15) is 27.7 Å². The van der Waals surface area contributed by atoms with Crippen LogP contribution in [0.15, 0.2) is 22.8 Å². The molecule has 0 saturated heterocycles. The Kier molecular flexibility index (Phi) is 3.74. The zero-order chi connectivity index (χ0) is 15.9. The first-order valence-corrected chi connectivity index (χ1v) is 6.17. The maximum atomic E-state index is 14.0. The van der Waals surface area contributed by atoms with Crippen molar-refractivity contribution in [2.24, 2.45) is 0 Å². The minimum Gasteiger partial charge on any atom is -0.295 e. The average molecular weight is 368 g/mol. The summed E-state index contributed by atoms with van der Waals surface area (Å²) in [4.78, 5) is 13.4. The van der Waals surface area contributed by atoms with Crippen LogP contribution in [0.25, 0.3) is 5.69 Å². The van der Waals surface area contributed by atoms with Gasteiger partial charge in [0, 0.05) is 16.7 Å². The van der Waals surface area contributed by atoms with Crippen molar-refractivity contribution in [3.05, 3.63) is 50.3 Å². The maximum Gasteiger partial charge on any atom is 0.434 e. The molecule has 1 heterocycles. The van der Waals surface area contributed by atoms with E-state index in [1.54, 1.807) is 0 Å². The highest BCUT2D eigenvalue weighted by molar-refractivity contribution is 9.10. The molecule has 2 aromatic rings. The van der Waals surface area contributed by atoms with Gasteiger partial charge in [0.1, 0.15) is 5.82 Å². The van der Waals surface area contributed by atoms with Crippen LogP contribution in [-0.4, -0.2) is 14.5 Å². The lowest BCUT2D eigenvalue weighted by atomic mass is 10.2. The largest absolute Gasteiger partial charge is 0.434 e. The number of nitro benzene ring substituents is 1.